The highest BCUT2D eigenvalue weighted by Crippen LogP contribution is 2.20. The van der Waals surface area contributed by atoms with Crippen molar-refractivity contribution in [3.63, 3.8) is 0 Å². The van der Waals surface area contributed by atoms with Crippen molar-refractivity contribution in [3.8, 4) is 5.75 Å². The number of hydrogen-bond acceptors (Lipinski definition) is 4. The van der Waals surface area contributed by atoms with Crippen LogP contribution in [0.5, 0.6) is 5.75 Å². The first-order valence-corrected chi connectivity index (χ1v) is 11.6. The van der Waals surface area contributed by atoms with E-state index in [9.17, 15) is 13.2 Å². The third-order valence-corrected chi connectivity index (χ3v) is 6.12. The first-order chi connectivity index (χ1) is 14.9. The largest absolute Gasteiger partial charge is 0.492 e. The molecule has 0 radical (unpaired) electrons. The van der Waals surface area contributed by atoms with Gasteiger partial charge in [-0.15, -0.1) is 0 Å². The van der Waals surface area contributed by atoms with Crippen LogP contribution in [-0.2, 0) is 16.4 Å². The molecule has 6 nitrogen and oxygen atoms in total. The minimum absolute atomic E-state index is 0.135. The molecule has 1 amide bonds. The summed E-state index contributed by atoms with van der Waals surface area (Å²) in [5.41, 5.74) is 2.65. The van der Waals surface area contributed by atoms with E-state index in [1.165, 1.54) is 17.7 Å². The van der Waals surface area contributed by atoms with Crippen LogP contribution in [0.25, 0.3) is 0 Å². The summed E-state index contributed by atoms with van der Waals surface area (Å²) >= 11 is 0. The van der Waals surface area contributed by atoms with E-state index in [0.29, 0.717) is 6.61 Å². The molecule has 0 bridgehead atoms. The normalized spacial score (nSPS) is 11.0. The highest BCUT2D eigenvalue weighted by molar-refractivity contribution is 7.92. The molecule has 0 unspecified atom stereocenters. The standard InChI is InChI=1S/C24H26N2O4S/c1-3-19-10-12-20(13-11-19)30-17-16-25-24(27)22-6-4-5-7-23(22)26-31(28,29)21-14-8-18(2)9-15-21/h4-15,26H,3,16-17H2,1-2H3,(H,25,27). The molecule has 3 aromatic carbocycles. The summed E-state index contributed by atoms with van der Waals surface area (Å²) in [5.74, 6) is 0.352. The van der Waals surface area contributed by atoms with Gasteiger partial charge < -0.3 is 10.1 Å². The number of amides is 1. The lowest BCUT2D eigenvalue weighted by Gasteiger charge is -2.13. The van der Waals surface area contributed by atoms with Gasteiger partial charge in [-0.1, -0.05) is 48.9 Å². The Hall–Kier alpha value is -3.32. The highest BCUT2D eigenvalue weighted by Gasteiger charge is 2.18. The van der Waals surface area contributed by atoms with Crippen molar-refractivity contribution in [3.05, 3.63) is 89.5 Å². The lowest BCUT2D eigenvalue weighted by molar-refractivity contribution is 0.0948. The molecular formula is C24H26N2O4S. The number of hydrogen-bond donors (Lipinski definition) is 2. The minimum Gasteiger partial charge on any atom is -0.492 e. The van der Waals surface area contributed by atoms with Gasteiger partial charge in [0.1, 0.15) is 12.4 Å². The number of carbonyl (C=O) groups excluding carboxylic acids is 1. The Morgan fingerprint density at radius 1 is 0.935 bits per heavy atom. The molecule has 7 heteroatoms. The first-order valence-electron chi connectivity index (χ1n) is 10.1. The fourth-order valence-electron chi connectivity index (χ4n) is 2.94. The molecule has 0 saturated carbocycles. The van der Waals surface area contributed by atoms with Gasteiger partial charge in [0.2, 0.25) is 0 Å². The lowest BCUT2D eigenvalue weighted by Crippen LogP contribution is -2.29. The average molecular weight is 439 g/mol. The fourth-order valence-corrected chi connectivity index (χ4v) is 4.02. The summed E-state index contributed by atoms with van der Waals surface area (Å²) in [6, 6.07) is 20.8. The zero-order valence-corrected chi connectivity index (χ0v) is 18.4. The number of sulfonamides is 1. The van der Waals surface area contributed by atoms with E-state index in [-0.39, 0.29) is 28.6 Å². The van der Waals surface area contributed by atoms with Crippen molar-refractivity contribution in [2.75, 3.05) is 17.9 Å². The first kappa shape index (κ1) is 22.4. The molecule has 0 aliphatic carbocycles. The van der Waals surface area contributed by atoms with Crippen molar-refractivity contribution in [2.24, 2.45) is 0 Å². The molecule has 2 N–H and O–H groups in total. The predicted molar refractivity (Wildman–Crippen MR) is 122 cm³/mol. The fraction of sp³-hybridized carbons (Fsp3) is 0.208. The second kappa shape index (κ2) is 10.1. The van der Waals surface area contributed by atoms with E-state index in [1.807, 2.05) is 31.2 Å². The topological polar surface area (TPSA) is 84.5 Å². The molecule has 0 atom stereocenters. The molecule has 0 fully saturated rings. The third kappa shape index (κ3) is 6.08. The van der Waals surface area contributed by atoms with Gasteiger partial charge in [0.25, 0.3) is 15.9 Å². The summed E-state index contributed by atoms with van der Waals surface area (Å²) in [4.78, 5) is 12.8. The maximum Gasteiger partial charge on any atom is 0.261 e. The van der Waals surface area contributed by atoms with Crippen LogP contribution in [0.3, 0.4) is 0 Å². The number of carbonyl (C=O) groups is 1. The molecule has 31 heavy (non-hydrogen) atoms. The van der Waals surface area contributed by atoms with Crippen LogP contribution in [0.1, 0.15) is 28.4 Å². The summed E-state index contributed by atoms with van der Waals surface area (Å²) in [6.45, 7) is 4.55. The Balaban J connectivity index is 1.61. The minimum atomic E-state index is -3.81. The molecule has 0 saturated heterocycles. The van der Waals surface area contributed by atoms with Crippen LogP contribution in [0, 0.1) is 6.92 Å². The second-order valence-corrected chi connectivity index (χ2v) is 8.75. The average Bonchev–Trinajstić information content (AvgIpc) is 2.77. The van der Waals surface area contributed by atoms with E-state index >= 15 is 0 Å². The van der Waals surface area contributed by atoms with Crippen LogP contribution in [0.4, 0.5) is 5.69 Å². The SMILES string of the molecule is CCc1ccc(OCCNC(=O)c2ccccc2NS(=O)(=O)c2ccc(C)cc2)cc1. The molecule has 0 heterocycles. The summed E-state index contributed by atoms with van der Waals surface area (Å²) < 4.78 is 33.5. The zero-order valence-electron chi connectivity index (χ0n) is 17.6. The Morgan fingerprint density at radius 2 is 1.61 bits per heavy atom. The monoisotopic (exact) mass is 438 g/mol. The van der Waals surface area contributed by atoms with E-state index in [4.69, 9.17) is 4.74 Å². The van der Waals surface area contributed by atoms with Crippen LogP contribution in [-0.4, -0.2) is 27.5 Å². The number of aryl methyl sites for hydroxylation is 2. The maximum absolute atomic E-state index is 12.7. The lowest BCUT2D eigenvalue weighted by atomic mass is 10.1. The van der Waals surface area contributed by atoms with Crippen molar-refractivity contribution in [2.45, 2.75) is 25.2 Å². The zero-order chi connectivity index (χ0) is 22.3. The summed E-state index contributed by atoms with van der Waals surface area (Å²) in [6.07, 6.45) is 0.962. The molecule has 3 rings (SSSR count). The van der Waals surface area contributed by atoms with Crippen molar-refractivity contribution in [1.82, 2.24) is 5.32 Å². The van der Waals surface area contributed by atoms with Gasteiger partial charge in [-0.3, -0.25) is 9.52 Å². The number of rotatable bonds is 9. The Labute approximate surface area is 183 Å². The van der Waals surface area contributed by atoms with Gasteiger partial charge >= 0.3 is 0 Å². The second-order valence-electron chi connectivity index (χ2n) is 7.07. The van der Waals surface area contributed by atoms with E-state index in [2.05, 4.69) is 17.0 Å². The van der Waals surface area contributed by atoms with Gasteiger partial charge in [-0.2, -0.15) is 0 Å². The number of anilines is 1. The van der Waals surface area contributed by atoms with Crippen LogP contribution in [0.15, 0.2) is 77.7 Å². The van der Waals surface area contributed by atoms with Crippen LogP contribution >= 0.6 is 0 Å². The van der Waals surface area contributed by atoms with Crippen molar-refractivity contribution in [1.29, 1.82) is 0 Å². The molecule has 162 valence electrons. The predicted octanol–water partition coefficient (Wildman–Crippen LogP) is 4.17. The van der Waals surface area contributed by atoms with Gasteiger partial charge in [0, 0.05) is 0 Å². The van der Waals surface area contributed by atoms with Gasteiger partial charge in [0.15, 0.2) is 0 Å². The van der Waals surface area contributed by atoms with E-state index in [0.717, 1.165) is 17.7 Å². The highest BCUT2D eigenvalue weighted by atomic mass is 32.2. The Kier molecular flexibility index (Phi) is 7.31. The van der Waals surface area contributed by atoms with Crippen LogP contribution < -0.4 is 14.8 Å². The Morgan fingerprint density at radius 3 is 2.29 bits per heavy atom. The summed E-state index contributed by atoms with van der Waals surface area (Å²) in [7, 11) is -3.81. The number of para-hydroxylation sites is 1. The maximum atomic E-state index is 12.7. The molecule has 0 spiro atoms. The van der Waals surface area contributed by atoms with Gasteiger partial charge in [-0.05, 0) is 55.3 Å². The van der Waals surface area contributed by atoms with Crippen molar-refractivity contribution >= 4 is 21.6 Å². The Bertz CT molecular complexity index is 1130. The third-order valence-electron chi connectivity index (χ3n) is 4.74. The van der Waals surface area contributed by atoms with Gasteiger partial charge in [0.05, 0.1) is 22.7 Å². The van der Waals surface area contributed by atoms with Gasteiger partial charge in [-0.25, -0.2) is 8.42 Å². The van der Waals surface area contributed by atoms with Crippen LogP contribution in [0.2, 0.25) is 0 Å². The molecule has 0 aliphatic heterocycles. The van der Waals surface area contributed by atoms with E-state index < -0.39 is 10.0 Å². The number of ether oxygens (including phenoxy) is 1. The molecule has 0 aromatic heterocycles. The summed E-state index contributed by atoms with van der Waals surface area (Å²) in [5, 5.41) is 2.77. The molecule has 3 aromatic rings. The van der Waals surface area contributed by atoms with Crippen molar-refractivity contribution < 1.29 is 17.9 Å². The number of benzene rings is 3. The number of nitrogens with one attached hydrogen (secondary N) is 2. The van der Waals surface area contributed by atoms with E-state index in [1.54, 1.807) is 36.4 Å². The molecular weight excluding hydrogens is 412 g/mol. The quantitative estimate of drug-likeness (QED) is 0.491. The smallest absolute Gasteiger partial charge is 0.261 e. The molecule has 0 aliphatic rings.